The largest absolute Gasteiger partial charge is 0.481 e. The number of anilines is 1. The van der Waals surface area contributed by atoms with Gasteiger partial charge in [-0.05, 0) is 53.8 Å². The maximum atomic E-state index is 12.6. The number of amides is 2. The summed E-state index contributed by atoms with van der Waals surface area (Å²) in [4.78, 5) is 36.1. The summed E-state index contributed by atoms with van der Waals surface area (Å²) >= 11 is 0. The van der Waals surface area contributed by atoms with Crippen molar-refractivity contribution in [3.63, 3.8) is 0 Å². The van der Waals surface area contributed by atoms with Crippen LogP contribution in [0.5, 0.6) is 0 Å². The second kappa shape index (κ2) is 9.79. The van der Waals surface area contributed by atoms with E-state index in [4.69, 9.17) is 9.84 Å². The molecule has 0 fully saturated rings. The number of aliphatic carboxylic acids is 1. The van der Waals surface area contributed by atoms with Crippen molar-refractivity contribution in [1.82, 2.24) is 5.32 Å². The Morgan fingerprint density at radius 3 is 2.18 bits per heavy atom. The Morgan fingerprint density at radius 2 is 1.56 bits per heavy atom. The molecule has 0 saturated carbocycles. The van der Waals surface area contributed by atoms with E-state index in [9.17, 15) is 14.4 Å². The number of carbonyl (C=O) groups excluding carboxylic acids is 2. The molecule has 4 rings (SSSR count). The summed E-state index contributed by atoms with van der Waals surface area (Å²) in [6.07, 6.45) is -0.788. The number of carboxylic acid groups (broad SMARTS) is 1. The van der Waals surface area contributed by atoms with Gasteiger partial charge in [-0.3, -0.25) is 14.9 Å². The van der Waals surface area contributed by atoms with Gasteiger partial charge in [0.05, 0.1) is 6.42 Å². The molecule has 3 aromatic carbocycles. The minimum Gasteiger partial charge on any atom is -0.481 e. The molecule has 0 aliphatic heterocycles. The zero-order valence-electron chi connectivity index (χ0n) is 19.0. The van der Waals surface area contributed by atoms with Crippen LogP contribution in [0.3, 0.4) is 0 Å². The zero-order valence-corrected chi connectivity index (χ0v) is 19.0. The van der Waals surface area contributed by atoms with Gasteiger partial charge in [-0.2, -0.15) is 0 Å². The molecule has 1 aliphatic rings. The van der Waals surface area contributed by atoms with Crippen molar-refractivity contribution in [1.29, 1.82) is 0 Å². The maximum absolute atomic E-state index is 12.6. The Labute approximate surface area is 197 Å². The number of hydrogen-bond donors (Lipinski definition) is 3. The first-order chi connectivity index (χ1) is 16.3. The van der Waals surface area contributed by atoms with E-state index in [1.807, 2.05) is 24.3 Å². The summed E-state index contributed by atoms with van der Waals surface area (Å²) in [5.41, 5.74) is 5.93. The van der Waals surface area contributed by atoms with Crippen molar-refractivity contribution in [2.45, 2.75) is 32.2 Å². The van der Waals surface area contributed by atoms with Crippen LogP contribution >= 0.6 is 0 Å². The van der Waals surface area contributed by atoms with Crippen LogP contribution in [0.25, 0.3) is 11.1 Å². The van der Waals surface area contributed by atoms with Gasteiger partial charge in [0.1, 0.15) is 6.61 Å². The van der Waals surface area contributed by atoms with Crippen molar-refractivity contribution in [2.75, 3.05) is 11.9 Å². The van der Waals surface area contributed by atoms with Crippen molar-refractivity contribution in [3.8, 4) is 11.1 Å². The van der Waals surface area contributed by atoms with E-state index in [0.29, 0.717) is 16.8 Å². The molecule has 2 amide bonds. The highest BCUT2D eigenvalue weighted by Gasteiger charge is 2.29. The molecule has 7 nitrogen and oxygen atoms in total. The van der Waals surface area contributed by atoms with Crippen molar-refractivity contribution in [3.05, 3.63) is 89.0 Å². The highest BCUT2D eigenvalue weighted by molar-refractivity contribution is 5.98. The van der Waals surface area contributed by atoms with Crippen molar-refractivity contribution in [2.24, 2.45) is 0 Å². The van der Waals surface area contributed by atoms with Gasteiger partial charge >= 0.3 is 12.1 Å². The van der Waals surface area contributed by atoms with Gasteiger partial charge in [0.15, 0.2) is 0 Å². The van der Waals surface area contributed by atoms with E-state index in [0.717, 1.165) is 22.3 Å². The molecule has 0 heterocycles. The summed E-state index contributed by atoms with van der Waals surface area (Å²) in [7, 11) is 0. The molecule has 0 radical (unpaired) electrons. The molecule has 174 valence electrons. The Kier molecular flexibility index (Phi) is 6.63. The van der Waals surface area contributed by atoms with Crippen LogP contribution in [0.15, 0.2) is 66.7 Å². The number of carbonyl (C=O) groups is 3. The number of fused-ring (bicyclic) bond motifs is 3. The SMILES string of the molecule is Cc1c(NC(=O)OCC2c3ccccc3-c3ccccc32)cccc1C(=O)N[C@@H](C)CC(=O)O. The first-order valence-electron chi connectivity index (χ1n) is 11.1. The second-order valence-corrected chi connectivity index (χ2v) is 8.40. The van der Waals surface area contributed by atoms with Gasteiger partial charge in [-0.25, -0.2) is 4.79 Å². The molecule has 0 saturated heterocycles. The topological polar surface area (TPSA) is 105 Å². The zero-order chi connectivity index (χ0) is 24.2. The van der Waals surface area contributed by atoms with Gasteiger partial charge < -0.3 is 15.2 Å². The maximum Gasteiger partial charge on any atom is 0.411 e. The van der Waals surface area contributed by atoms with Gasteiger partial charge in [-0.1, -0.05) is 54.6 Å². The molecule has 1 atom stereocenters. The standard InChI is InChI=1S/C27H26N2O5/c1-16(14-25(30)31)28-26(32)18-12-7-13-24(17(18)2)29-27(33)34-15-23-21-10-5-3-8-19(21)20-9-4-6-11-22(20)23/h3-13,16,23H,14-15H2,1-2H3,(H,28,32)(H,29,33)(H,30,31)/t16-/m0/s1. The second-order valence-electron chi connectivity index (χ2n) is 8.40. The molecule has 0 unspecified atom stereocenters. The predicted octanol–water partition coefficient (Wildman–Crippen LogP) is 4.95. The fourth-order valence-corrected chi connectivity index (χ4v) is 4.38. The van der Waals surface area contributed by atoms with E-state index in [2.05, 4.69) is 34.9 Å². The van der Waals surface area contributed by atoms with E-state index < -0.39 is 24.0 Å². The summed E-state index contributed by atoms with van der Waals surface area (Å²) in [5, 5.41) is 14.3. The Bertz CT molecular complexity index is 1210. The van der Waals surface area contributed by atoms with Gasteiger partial charge in [0, 0.05) is 23.2 Å². The summed E-state index contributed by atoms with van der Waals surface area (Å²) in [6, 6.07) is 20.7. The van der Waals surface area contributed by atoms with Crippen LogP contribution in [-0.4, -0.2) is 35.7 Å². The number of rotatable bonds is 7. The average Bonchev–Trinajstić information content (AvgIpc) is 3.12. The van der Waals surface area contributed by atoms with Crippen LogP contribution in [0.2, 0.25) is 0 Å². The first kappa shape index (κ1) is 23.0. The van der Waals surface area contributed by atoms with Crippen LogP contribution in [0.1, 0.15) is 46.3 Å². The molecule has 0 spiro atoms. The van der Waals surface area contributed by atoms with Crippen LogP contribution < -0.4 is 10.6 Å². The van der Waals surface area contributed by atoms with Gasteiger partial charge in [-0.15, -0.1) is 0 Å². The number of carboxylic acids is 1. The third kappa shape index (κ3) is 4.78. The third-order valence-corrected chi connectivity index (χ3v) is 6.02. The highest BCUT2D eigenvalue weighted by Crippen LogP contribution is 2.44. The normalized spacial score (nSPS) is 12.9. The van der Waals surface area contributed by atoms with Gasteiger partial charge in [0.2, 0.25) is 0 Å². The molecule has 3 aromatic rings. The molecule has 0 bridgehead atoms. The van der Waals surface area contributed by atoms with Crippen molar-refractivity contribution < 1.29 is 24.2 Å². The summed E-state index contributed by atoms with van der Waals surface area (Å²) in [6.45, 7) is 3.53. The molecule has 7 heteroatoms. The fourth-order valence-electron chi connectivity index (χ4n) is 4.38. The van der Waals surface area contributed by atoms with E-state index in [1.165, 1.54) is 0 Å². The van der Waals surface area contributed by atoms with Crippen LogP contribution in [0, 0.1) is 6.92 Å². The van der Waals surface area contributed by atoms with E-state index >= 15 is 0 Å². The average molecular weight is 459 g/mol. The lowest BCUT2D eigenvalue weighted by Gasteiger charge is -2.17. The molecular formula is C27H26N2O5. The molecule has 3 N–H and O–H groups in total. The minimum absolute atomic E-state index is 0.0490. The van der Waals surface area contributed by atoms with E-state index in [-0.39, 0.29) is 18.9 Å². The van der Waals surface area contributed by atoms with Crippen LogP contribution in [0.4, 0.5) is 10.5 Å². The Morgan fingerprint density at radius 1 is 0.941 bits per heavy atom. The smallest absolute Gasteiger partial charge is 0.411 e. The van der Waals surface area contributed by atoms with E-state index in [1.54, 1.807) is 32.0 Å². The number of nitrogens with one attached hydrogen (secondary N) is 2. The summed E-state index contributed by atoms with van der Waals surface area (Å²) in [5.74, 6) is -1.44. The number of ether oxygens (including phenoxy) is 1. The van der Waals surface area contributed by atoms with Gasteiger partial charge in [0.25, 0.3) is 5.91 Å². The highest BCUT2D eigenvalue weighted by atomic mass is 16.5. The minimum atomic E-state index is -0.991. The summed E-state index contributed by atoms with van der Waals surface area (Å²) < 4.78 is 5.59. The number of hydrogen-bond acceptors (Lipinski definition) is 4. The Balaban J connectivity index is 1.43. The lowest BCUT2D eigenvalue weighted by molar-refractivity contribution is -0.137. The lowest BCUT2D eigenvalue weighted by atomic mass is 9.98. The Hall–Kier alpha value is -4.13. The molecular weight excluding hydrogens is 432 g/mol. The van der Waals surface area contributed by atoms with Crippen LogP contribution in [-0.2, 0) is 9.53 Å². The molecule has 0 aromatic heterocycles. The molecule has 34 heavy (non-hydrogen) atoms. The fraction of sp³-hybridized carbons (Fsp3) is 0.222. The lowest BCUT2D eigenvalue weighted by Crippen LogP contribution is -2.34. The monoisotopic (exact) mass is 458 g/mol. The quantitative estimate of drug-likeness (QED) is 0.465. The first-order valence-corrected chi connectivity index (χ1v) is 11.1. The number of benzene rings is 3. The molecule has 1 aliphatic carbocycles. The predicted molar refractivity (Wildman–Crippen MR) is 129 cm³/mol. The van der Waals surface area contributed by atoms with Crippen molar-refractivity contribution >= 4 is 23.7 Å². The third-order valence-electron chi connectivity index (χ3n) is 6.02.